The monoisotopic (exact) mass is 605 g/mol. The molecule has 0 aliphatic heterocycles. The Bertz CT molecular complexity index is 1500. The number of carbonyl (C=O) groups is 2. The second-order valence-corrected chi connectivity index (χ2v) is 13.0. The van der Waals surface area contributed by atoms with E-state index in [1.165, 1.54) is 21.3 Å². The summed E-state index contributed by atoms with van der Waals surface area (Å²) < 4.78 is 34.8. The molecule has 4 rings (SSSR count). The minimum absolute atomic E-state index is 0.0778. The lowest BCUT2D eigenvalue weighted by atomic mass is 9.95. The smallest absolute Gasteiger partial charge is 0.264 e. The quantitative estimate of drug-likeness (QED) is 0.283. The van der Waals surface area contributed by atoms with Crippen LogP contribution in [0.5, 0.6) is 5.75 Å². The van der Waals surface area contributed by atoms with Crippen LogP contribution >= 0.6 is 0 Å². The normalized spacial score (nSPS) is 14.5. The van der Waals surface area contributed by atoms with E-state index in [1.807, 2.05) is 51.1 Å². The fraction of sp³-hybridized carbons (Fsp3) is 0.412. The van der Waals surface area contributed by atoms with Crippen molar-refractivity contribution in [2.45, 2.75) is 82.8 Å². The fourth-order valence-electron chi connectivity index (χ4n) is 5.67. The molecular formula is C34H43N3O5S. The third-order valence-corrected chi connectivity index (χ3v) is 10.1. The molecule has 1 aliphatic carbocycles. The first-order valence-electron chi connectivity index (χ1n) is 15.0. The molecule has 3 aromatic rings. The van der Waals surface area contributed by atoms with Gasteiger partial charge in [0, 0.05) is 12.6 Å². The summed E-state index contributed by atoms with van der Waals surface area (Å²) in [6, 6.07) is 20.2. The number of methoxy groups -OCH3 is 1. The number of rotatable bonds is 12. The second-order valence-electron chi connectivity index (χ2n) is 11.2. The van der Waals surface area contributed by atoms with Crippen LogP contribution in [0.3, 0.4) is 0 Å². The van der Waals surface area contributed by atoms with Gasteiger partial charge in [0.1, 0.15) is 18.3 Å². The van der Waals surface area contributed by atoms with E-state index in [2.05, 4.69) is 5.32 Å². The number of amides is 2. The lowest BCUT2D eigenvalue weighted by Gasteiger charge is -2.35. The van der Waals surface area contributed by atoms with E-state index in [1.54, 1.807) is 37.4 Å². The minimum atomic E-state index is -4.12. The van der Waals surface area contributed by atoms with Gasteiger partial charge in [-0.25, -0.2) is 8.42 Å². The molecule has 3 aromatic carbocycles. The second kappa shape index (κ2) is 14.6. The zero-order chi connectivity index (χ0) is 31.0. The molecule has 43 heavy (non-hydrogen) atoms. The Labute approximate surface area is 256 Å². The summed E-state index contributed by atoms with van der Waals surface area (Å²) >= 11 is 0. The Hall–Kier alpha value is -3.85. The van der Waals surface area contributed by atoms with Gasteiger partial charge >= 0.3 is 0 Å². The van der Waals surface area contributed by atoms with E-state index in [0.29, 0.717) is 17.9 Å². The molecule has 2 amide bonds. The van der Waals surface area contributed by atoms with Crippen molar-refractivity contribution in [3.05, 3.63) is 89.5 Å². The van der Waals surface area contributed by atoms with Crippen molar-refractivity contribution in [2.24, 2.45) is 0 Å². The SMILES string of the molecule is CCC(C(=O)NC1CCCCC1)N(Cc1cccc(OC)c1)C(=O)CN(c1cccc(C)c1C)S(=O)(=O)c1ccccc1. The van der Waals surface area contributed by atoms with Gasteiger partial charge in [-0.1, -0.05) is 68.7 Å². The average molecular weight is 606 g/mol. The molecule has 1 N–H and O–H groups in total. The number of anilines is 1. The molecule has 0 aromatic heterocycles. The summed E-state index contributed by atoms with van der Waals surface area (Å²) in [5.74, 6) is -0.0444. The zero-order valence-corrected chi connectivity index (χ0v) is 26.4. The molecule has 1 unspecified atom stereocenters. The van der Waals surface area contributed by atoms with Crippen molar-refractivity contribution < 1.29 is 22.7 Å². The number of hydrogen-bond acceptors (Lipinski definition) is 5. The molecule has 0 heterocycles. The van der Waals surface area contributed by atoms with Gasteiger partial charge < -0.3 is 15.0 Å². The van der Waals surface area contributed by atoms with E-state index in [0.717, 1.165) is 48.8 Å². The van der Waals surface area contributed by atoms with Crippen LogP contribution in [-0.4, -0.2) is 50.9 Å². The van der Waals surface area contributed by atoms with Crippen LogP contribution in [0.2, 0.25) is 0 Å². The Morgan fingerprint density at radius 2 is 1.65 bits per heavy atom. The standard InChI is InChI=1S/C34H43N3O5S/c1-5-31(34(39)35-28-16-8-6-9-17-28)36(23-27-15-13-18-29(22-27)42-4)33(38)24-37(32-21-12-14-25(2)26(32)3)43(40,41)30-19-10-7-11-20-30/h7,10-15,18-22,28,31H,5-6,8-9,16-17,23-24H2,1-4H3,(H,35,39). The summed E-state index contributed by atoms with van der Waals surface area (Å²) in [6.07, 6.45) is 5.51. The maximum absolute atomic E-state index is 14.4. The van der Waals surface area contributed by atoms with Gasteiger partial charge in [0.05, 0.1) is 17.7 Å². The summed E-state index contributed by atoms with van der Waals surface area (Å²) in [5, 5.41) is 3.18. The number of nitrogens with one attached hydrogen (secondary N) is 1. The van der Waals surface area contributed by atoms with Gasteiger partial charge in [-0.3, -0.25) is 13.9 Å². The molecule has 0 spiro atoms. The van der Waals surface area contributed by atoms with Crippen molar-refractivity contribution in [1.29, 1.82) is 0 Å². The largest absolute Gasteiger partial charge is 0.497 e. The molecule has 230 valence electrons. The number of benzene rings is 3. The summed E-state index contributed by atoms with van der Waals surface area (Å²) in [7, 11) is -2.54. The van der Waals surface area contributed by atoms with Crippen molar-refractivity contribution >= 4 is 27.5 Å². The van der Waals surface area contributed by atoms with Crippen LogP contribution in [0.25, 0.3) is 0 Å². The van der Waals surface area contributed by atoms with Gasteiger partial charge in [0.2, 0.25) is 11.8 Å². The van der Waals surface area contributed by atoms with Gasteiger partial charge in [-0.15, -0.1) is 0 Å². The van der Waals surface area contributed by atoms with Crippen LogP contribution in [0.1, 0.15) is 62.1 Å². The molecular weight excluding hydrogens is 562 g/mol. The molecule has 0 saturated heterocycles. The highest BCUT2D eigenvalue weighted by Gasteiger charge is 2.35. The lowest BCUT2D eigenvalue weighted by Crippen LogP contribution is -2.54. The molecule has 0 bridgehead atoms. The Balaban J connectivity index is 1.74. The van der Waals surface area contributed by atoms with E-state index in [-0.39, 0.29) is 23.4 Å². The van der Waals surface area contributed by atoms with Crippen molar-refractivity contribution in [3.8, 4) is 5.75 Å². The zero-order valence-electron chi connectivity index (χ0n) is 25.6. The first-order valence-corrected chi connectivity index (χ1v) is 16.5. The van der Waals surface area contributed by atoms with Crippen molar-refractivity contribution in [1.82, 2.24) is 10.2 Å². The number of ether oxygens (including phenoxy) is 1. The molecule has 8 nitrogen and oxygen atoms in total. The lowest BCUT2D eigenvalue weighted by molar-refractivity contribution is -0.140. The topological polar surface area (TPSA) is 96.0 Å². The molecule has 0 radical (unpaired) electrons. The van der Waals surface area contributed by atoms with Gasteiger partial charge in [-0.2, -0.15) is 0 Å². The van der Waals surface area contributed by atoms with Crippen LogP contribution in [0.4, 0.5) is 5.69 Å². The molecule has 1 atom stereocenters. The highest BCUT2D eigenvalue weighted by Crippen LogP contribution is 2.29. The minimum Gasteiger partial charge on any atom is -0.497 e. The molecule has 9 heteroatoms. The third-order valence-electron chi connectivity index (χ3n) is 8.28. The van der Waals surface area contributed by atoms with E-state index in [9.17, 15) is 18.0 Å². The third kappa shape index (κ3) is 7.76. The highest BCUT2D eigenvalue weighted by atomic mass is 32.2. The fourth-order valence-corrected chi connectivity index (χ4v) is 7.16. The predicted molar refractivity (Wildman–Crippen MR) is 170 cm³/mol. The van der Waals surface area contributed by atoms with Gasteiger partial charge in [-0.05, 0) is 80.1 Å². The Morgan fingerprint density at radius 3 is 2.33 bits per heavy atom. The highest BCUT2D eigenvalue weighted by molar-refractivity contribution is 7.92. The maximum Gasteiger partial charge on any atom is 0.264 e. The number of hydrogen-bond donors (Lipinski definition) is 1. The van der Waals surface area contributed by atoms with Crippen LogP contribution < -0.4 is 14.4 Å². The van der Waals surface area contributed by atoms with Gasteiger partial charge in [0.15, 0.2) is 0 Å². The van der Waals surface area contributed by atoms with Gasteiger partial charge in [0.25, 0.3) is 10.0 Å². The number of sulfonamides is 1. The predicted octanol–water partition coefficient (Wildman–Crippen LogP) is 5.76. The van der Waals surface area contributed by atoms with Crippen molar-refractivity contribution in [2.75, 3.05) is 18.0 Å². The molecule has 1 aliphatic rings. The van der Waals surface area contributed by atoms with Crippen LogP contribution in [0.15, 0.2) is 77.7 Å². The molecule has 1 fully saturated rings. The first-order chi connectivity index (χ1) is 20.6. The van der Waals surface area contributed by atoms with E-state index >= 15 is 0 Å². The summed E-state index contributed by atoms with van der Waals surface area (Å²) in [4.78, 5) is 29.7. The maximum atomic E-state index is 14.4. The van der Waals surface area contributed by atoms with Crippen molar-refractivity contribution in [3.63, 3.8) is 0 Å². The van der Waals surface area contributed by atoms with Crippen LogP contribution in [0, 0.1) is 13.8 Å². The molecule has 1 saturated carbocycles. The number of carbonyl (C=O) groups excluding carboxylic acids is 2. The number of nitrogens with zero attached hydrogens (tertiary/aromatic N) is 2. The Kier molecular flexibility index (Phi) is 10.9. The Morgan fingerprint density at radius 1 is 0.953 bits per heavy atom. The first kappa shape index (κ1) is 32.1. The number of aryl methyl sites for hydroxylation is 1. The van der Waals surface area contributed by atoms with E-state index in [4.69, 9.17) is 4.74 Å². The summed E-state index contributed by atoms with van der Waals surface area (Å²) in [5.41, 5.74) is 2.88. The van der Waals surface area contributed by atoms with E-state index < -0.39 is 28.5 Å². The van der Waals surface area contributed by atoms with Crippen LogP contribution in [-0.2, 0) is 26.2 Å². The summed E-state index contributed by atoms with van der Waals surface area (Å²) in [6.45, 7) is 5.30. The average Bonchev–Trinajstić information content (AvgIpc) is 3.02.